The predicted molar refractivity (Wildman–Crippen MR) is 92.9 cm³/mol. The highest BCUT2D eigenvalue weighted by atomic mass is 32.1. The van der Waals surface area contributed by atoms with Crippen molar-refractivity contribution in [3.63, 3.8) is 0 Å². The number of ether oxygens (including phenoxy) is 2. The standard InChI is InChI=1S/C17H18F3N3O2S/c1-2-12(22-23-17(18,19)20)13-9-11(5-6-21-13)3-4-15-16-14(10-26-15)24-7-8-25-16/h2,5-6,9-10,22-23H,3-4,7-8H2,1H3/b12-2-. The van der Waals surface area contributed by atoms with Crippen molar-refractivity contribution in [3.8, 4) is 11.5 Å². The number of pyridine rings is 1. The van der Waals surface area contributed by atoms with Crippen molar-refractivity contribution in [3.05, 3.63) is 45.9 Å². The van der Waals surface area contributed by atoms with Crippen LogP contribution in [0.15, 0.2) is 29.8 Å². The van der Waals surface area contributed by atoms with E-state index in [4.69, 9.17) is 9.47 Å². The number of thiophene rings is 1. The number of alkyl halides is 3. The van der Waals surface area contributed by atoms with E-state index in [0.717, 1.165) is 34.8 Å². The number of nitrogens with zero attached hydrogens (tertiary/aromatic N) is 1. The van der Waals surface area contributed by atoms with Crippen LogP contribution in [0.3, 0.4) is 0 Å². The quantitative estimate of drug-likeness (QED) is 0.587. The van der Waals surface area contributed by atoms with E-state index in [1.165, 1.54) is 11.5 Å². The minimum atomic E-state index is -4.52. The molecule has 0 atom stereocenters. The van der Waals surface area contributed by atoms with Crippen LogP contribution in [-0.4, -0.2) is 24.5 Å². The number of nitrogens with one attached hydrogen (secondary N) is 2. The maximum absolute atomic E-state index is 12.3. The van der Waals surface area contributed by atoms with E-state index in [0.29, 0.717) is 18.9 Å². The van der Waals surface area contributed by atoms with Gasteiger partial charge in [0.1, 0.15) is 13.2 Å². The molecule has 2 aromatic heterocycles. The number of rotatable bonds is 6. The Morgan fingerprint density at radius 2 is 2.12 bits per heavy atom. The van der Waals surface area contributed by atoms with Crippen LogP contribution in [0.1, 0.15) is 23.1 Å². The SMILES string of the molecule is C/C=C(\NNC(F)(F)F)c1cc(CCc2scc3c2OCCO3)ccn1. The van der Waals surface area contributed by atoms with Gasteiger partial charge in [-0.2, -0.15) is 13.2 Å². The Kier molecular flexibility index (Phi) is 5.67. The Morgan fingerprint density at radius 3 is 2.88 bits per heavy atom. The molecule has 1 aliphatic rings. The summed E-state index contributed by atoms with van der Waals surface area (Å²) in [4.78, 5) is 5.24. The molecule has 2 aromatic rings. The third kappa shape index (κ3) is 4.67. The molecule has 0 unspecified atom stereocenters. The number of hydrogen-bond donors (Lipinski definition) is 2. The van der Waals surface area contributed by atoms with Crippen LogP contribution in [0.4, 0.5) is 13.2 Å². The predicted octanol–water partition coefficient (Wildman–Crippen LogP) is 3.67. The van der Waals surface area contributed by atoms with Crippen molar-refractivity contribution in [2.45, 2.75) is 26.1 Å². The minimum absolute atomic E-state index is 0.259. The number of aryl methyl sites for hydroxylation is 2. The van der Waals surface area contributed by atoms with Gasteiger partial charge >= 0.3 is 6.30 Å². The zero-order valence-electron chi connectivity index (χ0n) is 14.0. The van der Waals surface area contributed by atoms with Crippen LogP contribution in [-0.2, 0) is 12.8 Å². The molecular formula is C17H18F3N3O2S. The Hall–Kier alpha value is -2.26. The molecule has 0 fully saturated rings. The summed E-state index contributed by atoms with van der Waals surface area (Å²) in [6, 6.07) is 3.63. The summed E-state index contributed by atoms with van der Waals surface area (Å²) in [5.41, 5.74) is 5.12. The monoisotopic (exact) mass is 385 g/mol. The Morgan fingerprint density at radius 1 is 1.31 bits per heavy atom. The van der Waals surface area contributed by atoms with Gasteiger partial charge in [0.2, 0.25) is 0 Å². The van der Waals surface area contributed by atoms with Gasteiger partial charge in [-0.05, 0) is 37.5 Å². The summed E-state index contributed by atoms with van der Waals surface area (Å²) in [7, 11) is 0. The molecule has 3 heterocycles. The van der Waals surface area contributed by atoms with Gasteiger partial charge < -0.3 is 14.9 Å². The highest BCUT2D eigenvalue weighted by molar-refractivity contribution is 7.10. The molecule has 3 rings (SSSR count). The lowest BCUT2D eigenvalue weighted by Gasteiger charge is -2.16. The third-order valence-electron chi connectivity index (χ3n) is 3.74. The van der Waals surface area contributed by atoms with E-state index in [1.54, 1.807) is 30.5 Å². The molecule has 0 amide bonds. The summed E-state index contributed by atoms with van der Waals surface area (Å²) in [6.45, 7) is 2.74. The second kappa shape index (κ2) is 7.96. The molecule has 0 radical (unpaired) electrons. The van der Waals surface area contributed by atoms with Crippen LogP contribution in [0.25, 0.3) is 5.70 Å². The second-order valence-corrected chi connectivity index (χ2v) is 6.51. The molecular weight excluding hydrogens is 367 g/mol. The molecule has 140 valence electrons. The summed E-state index contributed by atoms with van der Waals surface area (Å²) in [5.74, 6) is 1.59. The minimum Gasteiger partial charge on any atom is -0.485 e. The van der Waals surface area contributed by atoms with E-state index in [9.17, 15) is 13.2 Å². The number of aromatic nitrogens is 1. The number of allylic oxidation sites excluding steroid dienone is 1. The summed E-state index contributed by atoms with van der Waals surface area (Å²) in [6.07, 6.45) is 0.0760. The van der Waals surface area contributed by atoms with Gasteiger partial charge in [-0.15, -0.1) is 16.8 Å². The van der Waals surface area contributed by atoms with Crippen LogP contribution < -0.4 is 20.3 Å². The van der Waals surface area contributed by atoms with Crippen molar-refractivity contribution < 1.29 is 22.6 Å². The Balaban J connectivity index is 1.66. The van der Waals surface area contributed by atoms with Gasteiger partial charge in [-0.3, -0.25) is 4.98 Å². The molecule has 0 bridgehead atoms. The molecule has 0 aromatic carbocycles. The highest BCUT2D eigenvalue weighted by Crippen LogP contribution is 2.39. The van der Waals surface area contributed by atoms with Gasteiger partial charge in [0.25, 0.3) is 0 Å². The normalized spacial score (nSPS) is 14.4. The summed E-state index contributed by atoms with van der Waals surface area (Å²) < 4.78 is 48.2. The van der Waals surface area contributed by atoms with E-state index >= 15 is 0 Å². The van der Waals surface area contributed by atoms with Gasteiger partial charge in [-0.1, -0.05) is 6.08 Å². The fourth-order valence-electron chi connectivity index (χ4n) is 2.55. The van der Waals surface area contributed by atoms with Gasteiger partial charge in [0, 0.05) is 11.6 Å². The lowest BCUT2D eigenvalue weighted by atomic mass is 10.1. The van der Waals surface area contributed by atoms with Gasteiger partial charge in [0.05, 0.1) is 16.3 Å². The first-order valence-corrected chi connectivity index (χ1v) is 8.91. The average Bonchev–Trinajstić information content (AvgIpc) is 3.03. The molecule has 5 nitrogen and oxygen atoms in total. The summed E-state index contributed by atoms with van der Waals surface area (Å²) in [5, 5.41) is 1.94. The lowest BCUT2D eigenvalue weighted by Crippen LogP contribution is -2.42. The van der Waals surface area contributed by atoms with Crippen molar-refractivity contribution in [2.75, 3.05) is 13.2 Å². The molecule has 9 heteroatoms. The molecule has 1 aliphatic heterocycles. The molecule has 26 heavy (non-hydrogen) atoms. The number of halogens is 3. The smallest absolute Gasteiger partial charge is 0.474 e. The number of hydrogen-bond acceptors (Lipinski definition) is 6. The van der Waals surface area contributed by atoms with E-state index in [-0.39, 0.29) is 5.70 Å². The molecule has 0 aliphatic carbocycles. The molecule has 2 N–H and O–H groups in total. The molecule has 0 saturated carbocycles. The van der Waals surface area contributed by atoms with Crippen molar-refractivity contribution in [1.82, 2.24) is 15.8 Å². The first-order chi connectivity index (χ1) is 12.5. The maximum atomic E-state index is 12.3. The Bertz CT molecular complexity index is 790. The average molecular weight is 385 g/mol. The summed E-state index contributed by atoms with van der Waals surface area (Å²) >= 11 is 1.59. The van der Waals surface area contributed by atoms with Gasteiger partial charge in [-0.25, -0.2) is 0 Å². The fourth-order valence-corrected chi connectivity index (χ4v) is 3.46. The lowest BCUT2D eigenvalue weighted by molar-refractivity contribution is -0.163. The first kappa shape index (κ1) is 18.5. The van der Waals surface area contributed by atoms with Gasteiger partial charge in [0.15, 0.2) is 11.5 Å². The topological polar surface area (TPSA) is 55.4 Å². The van der Waals surface area contributed by atoms with E-state index in [1.807, 2.05) is 11.4 Å². The van der Waals surface area contributed by atoms with Crippen molar-refractivity contribution >= 4 is 17.0 Å². The molecule has 0 saturated heterocycles. The van der Waals surface area contributed by atoms with Crippen molar-refractivity contribution in [1.29, 1.82) is 0 Å². The van der Waals surface area contributed by atoms with Crippen LogP contribution in [0.5, 0.6) is 11.5 Å². The van der Waals surface area contributed by atoms with E-state index < -0.39 is 6.30 Å². The van der Waals surface area contributed by atoms with Crippen molar-refractivity contribution in [2.24, 2.45) is 0 Å². The van der Waals surface area contributed by atoms with Crippen LogP contribution in [0, 0.1) is 0 Å². The maximum Gasteiger partial charge on any atom is 0.474 e. The fraction of sp³-hybridized carbons (Fsp3) is 0.353. The second-order valence-electron chi connectivity index (χ2n) is 5.55. The Labute approximate surface area is 152 Å². The highest BCUT2D eigenvalue weighted by Gasteiger charge is 2.27. The van der Waals surface area contributed by atoms with E-state index in [2.05, 4.69) is 10.4 Å². The third-order valence-corrected chi connectivity index (χ3v) is 4.75. The van der Waals surface area contributed by atoms with Crippen LogP contribution in [0.2, 0.25) is 0 Å². The number of hydrazine groups is 1. The zero-order chi connectivity index (χ0) is 18.6. The van der Waals surface area contributed by atoms with Crippen LogP contribution >= 0.6 is 11.3 Å². The molecule has 0 spiro atoms. The first-order valence-electron chi connectivity index (χ1n) is 8.04. The number of fused-ring (bicyclic) bond motifs is 1. The largest absolute Gasteiger partial charge is 0.485 e. The zero-order valence-corrected chi connectivity index (χ0v) is 14.8.